The second-order valence-corrected chi connectivity index (χ2v) is 22.4. The van der Waals surface area contributed by atoms with Crippen molar-refractivity contribution in [3.8, 4) is 0 Å². The van der Waals surface area contributed by atoms with Crippen molar-refractivity contribution in [2.45, 2.75) is 374 Å². The molecule has 0 saturated heterocycles. The van der Waals surface area contributed by atoms with E-state index < -0.39 is 6.10 Å². The van der Waals surface area contributed by atoms with Crippen LogP contribution in [0.2, 0.25) is 0 Å². The fraction of sp³-hybridized carbons (Fsp3) is 0.896. The van der Waals surface area contributed by atoms with Crippen LogP contribution in [-0.4, -0.2) is 37.2 Å². The quantitative estimate of drug-likeness (QED) is 0.0261. The second-order valence-electron chi connectivity index (χ2n) is 22.4. The van der Waals surface area contributed by atoms with Gasteiger partial charge in [-0.2, -0.15) is 0 Å². The molecule has 0 spiro atoms. The molecule has 0 amide bonds. The number of ether oxygens (including phenoxy) is 3. The Morgan fingerprint density at radius 1 is 0.274 bits per heavy atom. The van der Waals surface area contributed by atoms with E-state index in [-0.39, 0.29) is 31.1 Å². The molecule has 1 unspecified atom stereocenters. The molecule has 0 aromatic heterocycles. The third kappa shape index (κ3) is 60.6. The summed E-state index contributed by atoms with van der Waals surface area (Å²) in [5, 5.41) is 0. The van der Waals surface area contributed by atoms with Crippen LogP contribution in [0.25, 0.3) is 0 Å². The number of unbranched alkanes of at least 4 members (excludes halogenated alkanes) is 46. The van der Waals surface area contributed by atoms with Crippen LogP contribution in [-0.2, 0) is 28.6 Å². The zero-order valence-electron chi connectivity index (χ0n) is 49.4. The van der Waals surface area contributed by atoms with E-state index in [1.165, 1.54) is 244 Å². The summed E-state index contributed by atoms with van der Waals surface area (Å²) in [5.74, 6) is -0.878. The lowest BCUT2D eigenvalue weighted by atomic mass is 10.0. The average Bonchev–Trinajstić information content (AvgIpc) is 3.39. The Morgan fingerprint density at radius 2 is 0.507 bits per heavy atom. The Kier molecular flexibility index (Phi) is 60.6. The number of esters is 3. The van der Waals surface area contributed by atoms with Crippen molar-refractivity contribution in [1.29, 1.82) is 0 Å². The third-order valence-electron chi connectivity index (χ3n) is 15.0. The summed E-state index contributed by atoms with van der Waals surface area (Å²) < 4.78 is 16.8. The third-order valence-corrected chi connectivity index (χ3v) is 15.0. The van der Waals surface area contributed by atoms with E-state index in [0.717, 1.165) is 83.5 Å². The van der Waals surface area contributed by atoms with Gasteiger partial charge in [0.15, 0.2) is 6.10 Å². The average molecular weight is 1030 g/mol. The molecule has 0 heterocycles. The Morgan fingerprint density at radius 3 is 0.795 bits per heavy atom. The summed E-state index contributed by atoms with van der Waals surface area (Å²) in [5.41, 5.74) is 0. The van der Waals surface area contributed by atoms with Gasteiger partial charge < -0.3 is 14.2 Å². The Hall–Kier alpha value is -2.11. The smallest absolute Gasteiger partial charge is 0.306 e. The van der Waals surface area contributed by atoms with E-state index in [1.807, 2.05) is 0 Å². The van der Waals surface area contributed by atoms with E-state index in [0.29, 0.717) is 19.3 Å². The van der Waals surface area contributed by atoms with E-state index >= 15 is 0 Å². The summed E-state index contributed by atoms with van der Waals surface area (Å²) in [6, 6.07) is 0. The van der Waals surface area contributed by atoms with Crippen molar-refractivity contribution in [3.63, 3.8) is 0 Å². The molecule has 0 saturated carbocycles. The number of allylic oxidation sites excluding steroid dienone is 4. The number of hydrogen-bond donors (Lipinski definition) is 0. The number of rotatable bonds is 61. The molecule has 6 heteroatoms. The molecular weight excluding hydrogens is 901 g/mol. The molecule has 430 valence electrons. The van der Waals surface area contributed by atoms with Crippen molar-refractivity contribution in [1.82, 2.24) is 0 Å². The molecular formula is C67H126O6. The molecule has 0 fully saturated rings. The lowest BCUT2D eigenvalue weighted by Gasteiger charge is -2.18. The topological polar surface area (TPSA) is 78.9 Å². The molecule has 0 aromatic rings. The highest BCUT2D eigenvalue weighted by Crippen LogP contribution is 2.18. The van der Waals surface area contributed by atoms with Crippen molar-refractivity contribution in [3.05, 3.63) is 24.3 Å². The predicted octanol–water partition coefficient (Wildman–Crippen LogP) is 22.2. The molecule has 1 atom stereocenters. The maximum absolute atomic E-state index is 12.8. The first-order valence-electron chi connectivity index (χ1n) is 32.8. The van der Waals surface area contributed by atoms with Crippen LogP contribution in [0.4, 0.5) is 0 Å². The van der Waals surface area contributed by atoms with Gasteiger partial charge in [0.05, 0.1) is 0 Å². The summed E-state index contributed by atoms with van der Waals surface area (Å²) in [6.07, 6.45) is 75.5. The molecule has 0 N–H and O–H groups in total. The lowest BCUT2D eigenvalue weighted by Crippen LogP contribution is -2.30. The van der Waals surface area contributed by atoms with Gasteiger partial charge in [0.2, 0.25) is 0 Å². The van der Waals surface area contributed by atoms with Crippen molar-refractivity contribution >= 4 is 17.9 Å². The fourth-order valence-corrected chi connectivity index (χ4v) is 9.99. The Balaban J connectivity index is 3.84. The highest BCUT2D eigenvalue weighted by atomic mass is 16.6. The molecule has 0 aliphatic rings. The van der Waals surface area contributed by atoms with Crippen LogP contribution >= 0.6 is 0 Å². The summed E-state index contributed by atoms with van der Waals surface area (Å²) >= 11 is 0. The van der Waals surface area contributed by atoms with Crippen LogP contribution in [0.1, 0.15) is 367 Å². The Labute approximate surface area is 455 Å². The van der Waals surface area contributed by atoms with Crippen molar-refractivity contribution < 1.29 is 28.6 Å². The maximum Gasteiger partial charge on any atom is 0.306 e. The largest absolute Gasteiger partial charge is 0.462 e. The minimum atomic E-state index is -0.772. The van der Waals surface area contributed by atoms with Crippen LogP contribution in [0, 0.1) is 0 Å². The van der Waals surface area contributed by atoms with Gasteiger partial charge in [-0.05, 0) is 44.9 Å². The predicted molar refractivity (Wildman–Crippen MR) is 316 cm³/mol. The van der Waals surface area contributed by atoms with Gasteiger partial charge in [0, 0.05) is 19.3 Å². The van der Waals surface area contributed by atoms with Crippen LogP contribution in [0.15, 0.2) is 24.3 Å². The summed E-state index contributed by atoms with van der Waals surface area (Å²) in [4.78, 5) is 37.9. The summed E-state index contributed by atoms with van der Waals surface area (Å²) in [6.45, 7) is 6.58. The van der Waals surface area contributed by atoms with Gasteiger partial charge in [-0.15, -0.1) is 0 Å². The molecule has 73 heavy (non-hydrogen) atoms. The van der Waals surface area contributed by atoms with Crippen LogP contribution in [0.5, 0.6) is 0 Å². The second kappa shape index (κ2) is 62.4. The molecule has 6 nitrogen and oxygen atoms in total. The molecule has 0 bridgehead atoms. The number of carbonyl (C=O) groups is 3. The van der Waals surface area contributed by atoms with Gasteiger partial charge in [0.1, 0.15) is 13.2 Å². The zero-order valence-corrected chi connectivity index (χ0v) is 49.4. The van der Waals surface area contributed by atoms with Crippen LogP contribution in [0.3, 0.4) is 0 Å². The lowest BCUT2D eigenvalue weighted by molar-refractivity contribution is -0.167. The van der Waals surface area contributed by atoms with Gasteiger partial charge in [-0.3, -0.25) is 14.4 Å². The zero-order chi connectivity index (χ0) is 52.9. The molecule has 0 aromatic carbocycles. The summed E-state index contributed by atoms with van der Waals surface area (Å²) in [7, 11) is 0. The maximum atomic E-state index is 12.8. The van der Waals surface area contributed by atoms with Crippen molar-refractivity contribution in [2.24, 2.45) is 0 Å². The molecule has 0 aliphatic carbocycles. The van der Waals surface area contributed by atoms with E-state index in [2.05, 4.69) is 45.1 Å². The van der Waals surface area contributed by atoms with Gasteiger partial charge >= 0.3 is 17.9 Å². The monoisotopic (exact) mass is 1030 g/mol. The van der Waals surface area contributed by atoms with Crippen LogP contribution < -0.4 is 0 Å². The van der Waals surface area contributed by atoms with Gasteiger partial charge in [-0.1, -0.05) is 328 Å². The minimum absolute atomic E-state index is 0.0728. The molecule has 0 aliphatic heterocycles. The van der Waals surface area contributed by atoms with Gasteiger partial charge in [-0.25, -0.2) is 0 Å². The first kappa shape index (κ1) is 70.9. The number of carbonyl (C=O) groups excluding carboxylic acids is 3. The SMILES string of the molecule is CCCC/C=C\C/C=C\CCCCCCCC(=O)OC(COC(=O)CCCCCCCC)COC(=O)CCCCCCCCCCCCCCCCCCCCCCCCCCCCCCCCCCCCC. The molecule has 0 radical (unpaired) electrons. The fourth-order valence-electron chi connectivity index (χ4n) is 9.99. The standard InChI is InChI=1S/C67H126O6/c1-4-7-10-13-16-18-20-22-24-25-26-27-28-29-30-31-32-33-34-35-36-37-38-39-40-41-42-43-44-46-47-49-51-54-57-60-66(69)72-63-64(62-71-65(68)59-56-53-15-12-9-6-3)73-67(70)61-58-55-52-50-48-45-23-21-19-17-14-11-8-5-2/h14,17,21,23,64H,4-13,15-16,18-20,22,24-63H2,1-3H3/b17-14-,23-21-. The first-order valence-corrected chi connectivity index (χ1v) is 32.8. The normalized spacial score (nSPS) is 12.1. The van der Waals surface area contributed by atoms with E-state index in [4.69, 9.17) is 14.2 Å². The molecule has 0 rings (SSSR count). The highest BCUT2D eigenvalue weighted by molar-refractivity contribution is 5.71. The van der Waals surface area contributed by atoms with E-state index in [9.17, 15) is 14.4 Å². The first-order chi connectivity index (χ1) is 36.0. The highest BCUT2D eigenvalue weighted by Gasteiger charge is 2.19. The number of hydrogen-bond acceptors (Lipinski definition) is 6. The minimum Gasteiger partial charge on any atom is -0.462 e. The van der Waals surface area contributed by atoms with E-state index in [1.54, 1.807) is 0 Å². The Bertz CT molecular complexity index is 1180. The van der Waals surface area contributed by atoms with Crippen molar-refractivity contribution in [2.75, 3.05) is 13.2 Å². The van der Waals surface area contributed by atoms with Gasteiger partial charge in [0.25, 0.3) is 0 Å².